The Morgan fingerprint density at radius 3 is 1.62 bits per heavy atom. The Balaban J connectivity index is 1.77. The number of phenols is 1. The van der Waals surface area contributed by atoms with Crippen molar-refractivity contribution < 1.29 is 33.9 Å². The molecular formula is C38H50N10O7. The fourth-order valence-corrected chi connectivity index (χ4v) is 5.46. The number of nitrogens with one attached hydrogen (secondary N) is 5. The Labute approximate surface area is 319 Å². The number of guanidine groups is 1. The summed E-state index contributed by atoms with van der Waals surface area (Å²) in [5.41, 5.74) is 23.9. The second-order valence-corrected chi connectivity index (χ2v) is 12.7. The van der Waals surface area contributed by atoms with Crippen LogP contribution in [0.3, 0.4) is 0 Å². The van der Waals surface area contributed by atoms with E-state index in [0.717, 1.165) is 0 Å². The maximum Gasteiger partial charge on any atom is 0.243 e. The number of amides is 6. The van der Waals surface area contributed by atoms with E-state index in [4.69, 9.17) is 22.9 Å². The molecule has 0 radical (unpaired) electrons. The third-order valence-corrected chi connectivity index (χ3v) is 8.28. The second-order valence-electron chi connectivity index (χ2n) is 12.7. The fourth-order valence-electron chi connectivity index (χ4n) is 5.46. The summed E-state index contributed by atoms with van der Waals surface area (Å²) in [6.45, 7) is -0.262. The average Bonchev–Trinajstić information content (AvgIpc) is 3.15. The SMILES string of the molecule is NCCC(=O)NC(CCCN=C(N)N)C(=O)NCC(=O)NC(Cc1ccccc1)C(=O)NC(Cc1ccccc1)C(=O)NC(Cc1ccc(O)cc1)C(N)=O. The van der Waals surface area contributed by atoms with Crippen LogP contribution in [0.2, 0.25) is 0 Å². The number of hydrogen-bond acceptors (Lipinski definition) is 9. The van der Waals surface area contributed by atoms with E-state index in [-0.39, 0.29) is 56.9 Å². The molecule has 55 heavy (non-hydrogen) atoms. The van der Waals surface area contributed by atoms with Crippen LogP contribution in [0.25, 0.3) is 0 Å². The van der Waals surface area contributed by atoms with Gasteiger partial charge in [-0.3, -0.25) is 33.8 Å². The molecule has 0 aliphatic carbocycles. The zero-order chi connectivity index (χ0) is 40.2. The van der Waals surface area contributed by atoms with Crippen LogP contribution in [-0.4, -0.2) is 90.3 Å². The Kier molecular flexibility index (Phi) is 17.6. The van der Waals surface area contributed by atoms with Gasteiger partial charge in [0.2, 0.25) is 35.4 Å². The minimum absolute atomic E-state index is 0.0145. The van der Waals surface area contributed by atoms with E-state index in [2.05, 4.69) is 31.6 Å². The van der Waals surface area contributed by atoms with Gasteiger partial charge in [0.25, 0.3) is 0 Å². The van der Waals surface area contributed by atoms with Gasteiger partial charge in [0.1, 0.15) is 29.9 Å². The summed E-state index contributed by atoms with van der Waals surface area (Å²) in [5.74, 6) is -4.12. The summed E-state index contributed by atoms with van der Waals surface area (Å²) >= 11 is 0. The van der Waals surface area contributed by atoms with Crippen LogP contribution in [-0.2, 0) is 48.0 Å². The third kappa shape index (κ3) is 16.0. The maximum atomic E-state index is 14.0. The van der Waals surface area contributed by atoms with E-state index in [1.807, 2.05) is 0 Å². The summed E-state index contributed by atoms with van der Waals surface area (Å²) < 4.78 is 0. The molecule has 0 heterocycles. The lowest BCUT2D eigenvalue weighted by Crippen LogP contribution is -2.58. The van der Waals surface area contributed by atoms with Crippen LogP contribution in [0.5, 0.6) is 5.75 Å². The summed E-state index contributed by atoms with van der Waals surface area (Å²) in [4.78, 5) is 82.6. The van der Waals surface area contributed by atoms with Gasteiger partial charge in [-0.05, 0) is 41.7 Å². The highest BCUT2D eigenvalue weighted by molar-refractivity contribution is 5.95. The molecule has 0 aliphatic heterocycles. The lowest BCUT2D eigenvalue weighted by atomic mass is 10.0. The molecule has 4 unspecified atom stereocenters. The Morgan fingerprint density at radius 2 is 1.09 bits per heavy atom. The highest BCUT2D eigenvalue weighted by Gasteiger charge is 2.30. The zero-order valence-corrected chi connectivity index (χ0v) is 30.4. The second kappa shape index (κ2) is 22.5. The molecule has 294 valence electrons. The third-order valence-electron chi connectivity index (χ3n) is 8.28. The summed E-state index contributed by atoms with van der Waals surface area (Å²) in [6.07, 6.45) is 0.582. The van der Waals surface area contributed by atoms with Crippen molar-refractivity contribution in [2.75, 3.05) is 19.6 Å². The molecule has 0 spiro atoms. The van der Waals surface area contributed by atoms with Crippen LogP contribution in [0, 0.1) is 0 Å². The quantitative estimate of drug-likeness (QED) is 0.0317. The van der Waals surface area contributed by atoms with Crippen LogP contribution in [0.1, 0.15) is 36.0 Å². The molecular weight excluding hydrogens is 708 g/mol. The zero-order valence-electron chi connectivity index (χ0n) is 30.4. The number of aromatic hydroxyl groups is 1. The van der Waals surface area contributed by atoms with Gasteiger partial charge in [0.15, 0.2) is 5.96 Å². The lowest BCUT2D eigenvalue weighted by Gasteiger charge is -2.25. The number of carbonyl (C=O) groups excluding carboxylic acids is 6. The van der Waals surface area contributed by atoms with E-state index in [1.54, 1.807) is 72.8 Å². The lowest BCUT2D eigenvalue weighted by molar-refractivity contribution is -0.133. The molecule has 0 aliphatic rings. The van der Waals surface area contributed by atoms with Crippen molar-refractivity contribution in [3.05, 3.63) is 102 Å². The van der Waals surface area contributed by atoms with Gasteiger partial charge in [-0.15, -0.1) is 0 Å². The smallest absolute Gasteiger partial charge is 0.243 e. The van der Waals surface area contributed by atoms with Crippen LogP contribution in [0.15, 0.2) is 89.9 Å². The molecule has 6 amide bonds. The normalized spacial score (nSPS) is 12.8. The predicted octanol–water partition coefficient (Wildman–Crippen LogP) is -1.64. The summed E-state index contributed by atoms with van der Waals surface area (Å²) in [6, 6.07) is 19.2. The highest BCUT2D eigenvalue weighted by atomic mass is 16.3. The van der Waals surface area contributed by atoms with E-state index >= 15 is 0 Å². The first-order valence-electron chi connectivity index (χ1n) is 17.7. The van der Waals surface area contributed by atoms with Gasteiger partial charge in [0, 0.05) is 38.8 Å². The first-order valence-corrected chi connectivity index (χ1v) is 17.7. The van der Waals surface area contributed by atoms with E-state index in [9.17, 15) is 33.9 Å². The van der Waals surface area contributed by atoms with Gasteiger partial charge < -0.3 is 54.6 Å². The van der Waals surface area contributed by atoms with E-state index < -0.39 is 66.2 Å². The average molecular weight is 759 g/mol. The molecule has 17 heteroatoms. The first kappa shape index (κ1) is 42.9. The number of nitrogens with two attached hydrogens (primary N) is 4. The topological polar surface area (TPSA) is 299 Å². The van der Waals surface area contributed by atoms with Crippen molar-refractivity contribution in [3.63, 3.8) is 0 Å². The number of rotatable bonds is 22. The standard InChI is InChI=1S/C38H50N10O7/c39-18-17-32(50)45-28(12-7-19-43-38(41)42)35(53)44-23-33(51)46-30(21-24-8-3-1-4-9-24)36(54)48-31(22-25-10-5-2-6-11-25)37(55)47-29(34(40)52)20-26-13-15-27(49)16-14-26/h1-6,8-11,13-16,28-31,49H,7,12,17-23,39H2,(H2,40,52)(H,44,53)(H,45,50)(H,46,51)(H,47,55)(H,48,54)(H4,41,42,43). The van der Waals surface area contributed by atoms with Gasteiger partial charge in [-0.2, -0.15) is 0 Å². The Morgan fingerprint density at radius 1 is 0.600 bits per heavy atom. The Hall–Kier alpha value is -6.49. The van der Waals surface area contributed by atoms with Gasteiger partial charge in [-0.25, -0.2) is 0 Å². The number of phenolic OH excluding ortho intramolecular Hbond substituents is 1. The maximum absolute atomic E-state index is 14.0. The highest BCUT2D eigenvalue weighted by Crippen LogP contribution is 2.12. The fraction of sp³-hybridized carbons (Fsp3) is 0.342. The number of aliphatic imine (C=N–C) groups is 1. The van der Waals surface area contributed by atoms with Crippen LogP contribution in [0.4, 0.5) is 0 Å². The van der Waals surface area contributed by atoms with E-state index in [1.165, 1.54) is 12.1 Å². The molecule has 3 rings (SSSR count). The summed E-state index contributed by atoms with van der Waals surface area (Å²) in [5, 5.41) is 22.8. The molecule has 4 atom stereocenters. The minimum Gasteiger partial charge on any atom is -0.508 e. The monoisotopic (exact) mass is 758 g/mol. The number of nitrogens with zero attached hydrogens (tertiary/aromatic N) is 1. The largest absolute Gasteiger partial charge is 0.508 e. The number of carbonyl (C=O) groups is 6. The summed E-state index contributed by atoms with van der Waals surface area (Å²) in [7, 11) is 0. The molecule has 0 aromatic heterocycles. The van der Waals surface area contributed by atoms with Crippen molar-refractivity contribution in [3.8, 4) is 5.75 Å². The number of benzene rings is 3. The van der Waals surface area contributed by atoms with Crippen LogP contribution >= 0.6 is 0 Å². The van der Waals surface area contributed by atoms with Gasteiger partial charge in [-0.1, -0.05) is 72.8 Å². The van der Waals surface area contributed by atoms with Crippen molar-refractivity contribution >= 4 is 41.4 Å². The molecule has 0 saturated heterocycles. The van der Waals surface area contributed by atoms with Crippen molar-refractivity contribution in [1.82, 2.24) is 26.6 Å². The van der Waals surface area contributed by atoms with Gasteiger partial charge >= 0.3 is 0 Å². The first-order chi connectivity index (χ1) is 26.3. The van der Waals surface area contributed by atoms with Gasteiger partial charge in [0.05, 0.1) is 6.54 Å². The molecule has 0 fully saturated rings. The predicted molar refractivity (Wildman–Crippen MR) is 206 cm³/mol. The molecule has 0 saturated carbocycles. The van der Waals surface area contributed by atoms with Crippen molar-refractivity contribution in [2.24, 2.45) is 27.9 Å². The number of hydrogen-bond donors (Lipinski definition) is 10. The molecule has 14 N–H and O–H groups in total. The molecule has 3 aromatic carbocycles. The van der Waals surface area contributed by atoms with E-state index in [0.29, 0.717) is 23.1 Å². The minimum atomic E-state index is -1.21. The number of primary amides is 1. The molecule has 17 nitrogen and oxygen atoms in total. The molecule has 3 aromatic rings. The van der Waals surface area contributed by atoms with Crippen molar-refractivity contribution in [1.29, 1.82) is 0 Å². The van der Waals surface area contributed by atoms with Crippen molar-refractivity contribution in [2.45, 2.75) is 62.7 Å². The van der Waals surface area contributed by atoms with Crippen LogP contribution < -0.4 is 49.5 Å². The Bertz CT molecular complexity index is 1750. The molecule has 0 bridgehead atoms.